The third-order valence-corrected chi connectivity index (χ3v) is 4.01. The van der Waals surface area contributed by atoms with Crippen molar-refractivity contribution in [2.45, 2.75) is 25.9 Å². The lowest BCUT2D eigenvalue weighted by Gasteiger charge is -2.32. The van der Waals surface area contributed by atoms with Crippen molar-refractivity contribution < 1.29 is 9.53 Å². The van der Waals surface area contributed by atoms with Crippen LogP contribution in [0.2, 0.25) is 5.02 Å². The Morgan fingerprint density at radius 3 is 3.08 bits per heavy atom. The Morgan fingerprint density at radius 2 is 2.29 bits per heavy atom. The maximum absolute atomic E-state index is 12.4. The van der Waals surface area contributed by atoms with E-state index in [9.17, 15) is 4.79 Å². The van der Waals surface area contributed by atoms with Crippen LogP contribution in [0.25, 0.3) is 0 Å². The smallest absolute Gasteiger partial charge is 0.321 e. The zero-order valence-corrected chi connectivity index (χ0v) is 14.2. The van der Waals surface area contributed by atoms with E-state index in [1.54, 1.807) is 35.4 Å². The van der Waals surface area contributed by atoms with Gasteiger partial charge in [0, 0.05) is 29.5 Å². The number of urea groups is 1. The van der Waals surface area contributed by atoms with Gasteiger partial charge in [0.1, 0.15) is 11.9 Å². The summed E-state index contributed by atoms with van der Waals surface area (Å²) in [6.45, 7) is 3.04. The first kappa shape index (κ1) is 16.5. The summed E-state index contributed by atoms with van der Waals surface area (Å²) in [5.74, 6) is 1.21. The third kappa shape index (κ3) is 4.35. The molecule has 2 amide bonds. The summed E-state index contributed by atoms with van der Waals surface area (Å²) in [7, 11) is 0. The molecule has 1 aliphatic rings. The van der Waals surface area contributed by atoms with Crippen LogP contribution in [0.4, 0.5) is 10.5 Å². The van der Waals surface area contributed by atoms with Crippen molar-refractivity contribution in [2.75, 3.05) is 18.4 Å². The molecule has 1 N–H and O–H groups in total. The van der Waals surface area contributed by atoms with Gasteiger partial charge in [-0.1, -0.05) is 17.7 Å². The second-order valence-corrected chi connectivity index (χ2v) is 6.15. The van der Waals surface area contributed by atoms with Crippen LogP contribution in [0.3, 0.4) is 0 Å². The van der Waals surface area contributed by atoms with Gasteiger partial charge >= 0.3 is 6.03 Å². The predicted octanol–water partition coefficient (Wildman–Crippen LogP) is 3.51. The number of aromatic nitrogens is 2. The summed E-state index contributed by atoms with van der Waals surface area (Å²) in [5.41, 5.74) is 0.682. The van der Waals surface area contributed by atoms with Crippen molar-refractivity contribution in [3.8, 4) is 5.88 Å². The molecule has 2 aromatic rings. The molecule has 1 atom stereocenters. The fraction of sp³-hybridized carbons (Fsp3) is 0.353. The van der Waals surface area contributed by atoms with Crippen LogP contribution in [0, 0.1) is 6.92 Å². The van der Waals surface area contributed by atoms with Gasteiger partial charge in [0.15, 0.2) is 0 Å². The van der Waals surface area contributed by atoms with Gasteiger partial charge in [0.2, 0.25) is 5.88 Å². The topological polar surface area (TPSA) is 67.3 Å². The van der Waals surface area contributed by atoms with Crippen molar-refractivity contribution in [3.05, 3.63) is 47.4 Å². The summed E-state index contributed by atoms with van der Waals surface area (Å²) in [4.78, 5) is 22.5. The molecule has 0 radical (unpaired) electrons. The monoisotopic (exact) mass is 346 g/mol. The van der Waals surface area contributed by atoms with E-state index in [-0.39, 0.29) is 12.1 Å². The van der Waals surface area contributed by atoms with Gasteiger partial charge < -0.3 is 15.0 Å². The number of halogens is 1. The summed E-state index contributed by atoms with van der Waals surface area (Å²) >= 11 is 5.94. The minimum absolute atomic E-state index is 0.0711. The summed E-state index contributed by atoms with van der Waals surface area (Å²) in [5, 5.41) is 3.46. The zero-order valence-electron chi connectivity index (χ0n) is 13.4. The number of carbonyl (C=O) groups excluding carboxylic acids is 1. The molecule has 7 heteroatoms. The number of hydrogen-bond acceptors (Lipinski definition) is 4. The Kier molecular flexibility index (Phi) is 5.15. The summed E-state index contributed by atoms with van der Waals surface area (Å²) < 4.78 is 5.89. The minimum atomic E-state index is -0.149. The van der Waals surface area contributed by atoms with Gasteiger partial charge in [-0.2, -0.15) is 4.98 Å². The molecule has 0 spiro atoms. The highest BCUT2D eigenvalue weighted by molar-refractivity contribution is 6.30. The fourth-order valence-corrected chi connectivity index (χ4v) is 2.85. The third-order valence-electron chi connectivity index (χ3n) is 3.78. The second kappa shape index (κ2) is 7.49. The number of likely N-dealkylation sites (tertiary alicyclic amines) is 1. The standard InChI is InChI=1S/C17H19ClN4O2/c1-12-19-8-7-16(20-12)24-15-6-3-9-22(11-15)17(23)21-14-5-2-4-13(18)10-14/h2,4-5,7-8,10,15H,3,6,9,11H2,1H3,(H,21,23)/t15-/m1/s1. The number of nitrogens with one attached hydrogen (secondary N) is 1. The normalized spacial score (nSPS) is 17.4. The molecule has 0 bridgehead atoms. The van der Waals surface area contributed by atoms with Crippen LogP contribution in [0.1, 0.15) is 18.7 Å². The molecule has 1 fully saturated rings. The highest BCUT2D eigenvalue weighted by atomic mass is 35.5. The minimum Gasteiger partial charge on any atom is -0.472 e. The quantitative estimate of drug-likeness (QED) is 0.923. The van der Waals surface area contributed by atoms with Crippen LogP contribution in [0.15, 0.2) is 36.5 Å². The average molecular weight is 347 g/mol. The van der Waals surface area contributed by atoms with Gasteiger partial charge in [-0.05, 0) is 38.0 Å². The Balaban J connectivity index is 1.59. The number of nitrogens with zero attached hydrogens (tertiary/aromatic N) is 3. The molecule has 0 unspecified atom stereocenters. The van der Waals surface area contributed by atoms with Crippen LogP contribution in [-0.2, 0) is 0 Å². The largest absolute Gasteiger partial charge is 0.472 e. The first-order chi connectivity index (χ1) is 11.6. The fourth-order valence-electron chi connectivity index (χ4n) is 2.66. The van der Waals surface area contributed by atoms with Crippen LogP contribution in [0.5, 0.6) is 5.88 Å². The first-order valence-corrected chi connectivity index (χ1v) is 8.26. The van der Waals surface area contributed by atoms with E-state index in [0.717, 1.165) is 12.8 Å². The molecule has 24 heavy (non-hydrogen) atoms. The van der Waals surface area contributed by atoms with Gasteiger partial charge in [0.25, 0.3) is 0 Å². The van der Waals surface area contributed by atoms with E-state index in [2.05, 4.69) is 15.3 Å². The summed E-state index contributed by atoms with van der Waals surface area (Å²) in [6.07, 6.45) is 3.38. The van der Waals surface area contributed by atoms with Gasteiger partial charge in [-0.25, -0.2) is 9.78 Å². The van der Waals surface area contributed by atoms with Crippen LogP contribution in [-0.4, -0.2) is 40.1 Å². The van der Waals surface area contributed by atoms with E-state index >= 15 is 0 Å². The van der Waals surface area contributed by atoms with E-state index in [0.29, 0.717) is 35.5 Å². The van der Waals surface area contributed by atoms with E-state index < -0.39 is 0 Å². The molecular formula is C17H19ClN4O2. The van der Waals surface area contributed by atoms with Crippen molar-refractivity contribution in [1.29, 1.82) is 0 Å². The molecular weight excluding hydrogens is 328 g/mol. The Labute approximate surface area is 145 Å². The molecule has 1 aromatic heterocycles. The Bertz CT molecular complexity index is 725. The van der Waals surface area contributed by atoms with E-state index in [1.165, 1.54) is 0 Å². The Morgan fingerprint density at radius 1 is 1.42 bits per heavy atom. The number of hydrogen-bond donors (Lipinski definition) is 1. The average Bonchev–Trinajstić information content (AvgIpc) is 2.55. The van der Waals surface area contributed by atoms with Gasteiger partial charge in [-0.3, -0.25) is 0 Å². The SMILES string of the molecule is Cc1nccc(O[C@@H]2CCCN(C(=O)Nc3cccc(Cl)c3)C2)n1. The van der Waals surface area contributed by atoms with Crippen LogP contribution < -0.4 is 10.1 Å². The lowest BCUT2D eigenvalue weighted by atomic mass is 10.1. The van der Waals surface area contributed by atoms with Crippen molar-refractivity contribution in [2.24, 2.45) is 0 Å². The zero-order chi connectivity index (χ0) is 16.9. The predicted molar refractivity (Wildman–Crippen MR) is 92.5 cm³/mol. The molecule has 0 saturated carbocycles. The number of amides is 2. The highest BCUT2D eigenvalue weighted by Gasteiger charge is 2.25. The number of rotatable bonds is 3. The molecule has 2 heterocycles. The molecule has 126 valence electrons. The van der Waals surface area contributed by atoms with Crippen molar-refractivity contribution >= 4 is 23.3 Å². The lowest BCUT2D eigenvalue weighted by Crippen LogP contribution is -2.46. The van der Waals surface area contributed by atoms with E-state index in [4.69, 9.17) is 16.3 Å². The number of aryl methyl sites for hydroxylation is 1. The van der Waals surface area contributed by atoms with Gasteiger partial charge in [-0.15, -0.1) is 0 Å². The molecule has 3 rings (SSSR count). The summed E-state index contributed by atoms with van der Waals surface area (Å²) in [6, 6.07) is 8.69. The number of anilines is 1. The molecule has 0 aliphatic carbocycles. The number of piperidine rings is 1. The maximum atomic E-state index is 12.4. The number of benzene rings is 1. The number of carbonyl (C=O) groups is 1. The Hall–Kier alpha value is -2.34. The highest BCUT2D eigenvalue weighted by Crippen LogP contribution is 2.19. The molecule has 1 aliphatic heterocycles. The number of ether oxygens (including phenoxy) is 1. The lowest BCUT2D eigenvalue weighted by molar-refractivity contribution is 0.102. The van der Waals surface area contributed by atoms with E-state index in [1.807, 2.05) is 13.0 Å². The molecule has 6 nitrogen and oxygen atoms in total. The van der Waals surface area contributed by atoms with Crippen molar-refractivity contribution in [1.82, 2.24) is 14.9 Å². The van der Waals surface area contributed by atoms with Crippen molar-refractivity contribution in [3.63, 3.8) is 0 Å². The molecule has 1 saturated heterocycles. The second-order valence-electron chi connectivity index (χ2n) is 5.71. The van der Waals surface area contributed by atoms with Gasteiger partial charge in [0.05, 0.1) is 6.54 Å². The molecule has 1 aromatic carbocycles. The first-order valence-electron chi connectivity index (χ1n) is 7.88. The van der Waals surface area contributed by atoms with Crippen LogP contribution >= 0.6 is 11.6 Å². The maximum Gasteiger partial charge on any atom is 0.321 e.